The van der Waals surface area contributed by atoms with Crippen LogP contribution in [0.15, 0.2) is 34.7 Å². The van der Waals surface area contributed by atoms with E-state index in [1.807, 2.05) is 31.2 Å². The Hall–Kier alpha value is -1.66. The highest BCUT2D eigenvalue weighted by molar-refractivity contribution is 8.00. The van der Waals surface area contributed by atoms with Crippen molar-refractivity contribution < 1.29 is 0 Å². The number of thioether (sulfide) groups is 1. The maximum Gasteiger partial charge on any atom is 0.151 e. The Morgan fingerprint density at radius 3 is 2.86 bits per heavy atom. The molecule has 2 aromatic heterocycles. The molecule has 1 N–H and O–H groups in total. The van der Waals surface area contributed by atoms with Crippen LogP contribution in [0.5, 0.6) is 0 Å². The van der Waals surface area contributed by atoms with Crippen molar-refractivity contribution in [1.82, 2.24) is 15.0 Å². The van der Waals surface area contributed by atoms with Gasteiger partial charge in [-0.25, -0.2) is 15.0 Å². The van der Waals surface area contributed by atoms with E-state index < -0.39 is 0 Å². The Balaban J connectivity index is 1.74. The number of thiazole rings is 1. The van der Waals surface area contributed by atoms with Gasteiger partial charge < -0.3 is 5.32 Å². The number of hydrogen-bond donors (Lipinski definition) is 1. The maximum absolute atomic E-state index is 4.62. The summed E-state index contributed by atoms with van der Waals surface area (Å²) in [5, 5.41) is 3.24. The average molecular weight is 316 g/mol. The highest BCUT2D eigenvalue weighted by atomic mass is 32.2. The van der Waals surface area contributed by atoms with E-state index in [4.69, 9.17) is 0 Å². The second kappa shape index (κ2) is 6.41. The van der Waals surface area contributed by atoms with E-state index in [1.165, 1.54) is 4.70 Å². The van der Waals surface area contributed by atoms with Crippen LogP contribution in [0.1, 0.15) is 18.4 Å². The van der Waals surface area contributed by atoms with E-state index in [-0.39, 0.29) is 0 Å². The molecule has 0 aliphatic rings. The largest absolute Gasteiger partial charge is 0.370 e. The molecule has 0 aliphatic carbocycles. The lowest BCUT2D eigenvalue weighted by Crippen LogP contribution is -2.04. The van der Waals surface area contributed by atoms with Crippen molar-refractivity contribution in [2.24, 2.45) is 0 Å². The van der Waals surface area contributed by atoms with E-state index in [0.29, 0.717) is 0 Å². The first-order chi connectivity index (χ1) is 10.2. The highest BCUT2D eigenvalue weighted by Gasteiger charge is 2.07. The number of nitrogens with one attached hydrogen (secondary N) is 1. The number of anilines is 1. The smallest absolute Gasteiger partial charge is 0.151 e. The maximum atomic E-state index is 4.62. The number of para-hydroxylation sites is 1. The molecule has 21 heavy (non-hydrogen) atoms. The van der Waals surface area contributed by atoms with Gasteiger partial charge in [0.2, 0.25) is 0 Å². The van der Waals surface area contributed by atoms with Crippen LogP contribution in [0, 0.1) is 6.92 Å². The topological polar surface area (TPSA) is 50.7 Å². The van der Waals surface area contributed by atoms with E-state index in [9.17, 15) is 0 Å². The fourth-order valence-electron chi connectivity index (χ4n) is 2.01. The first kappa shape index (κ1) is 14.3. The van der Waals surface area contributed by atoms with Gasteiger partial charge in [0.05, 0.1) is 16.0 Å². The summed E-state index contributed by atoms with van der Waals surface area (Å²) in [7, 11) is 0. The van der Waals surface area contributed by atoms with Crippen LogP contribution in [-0.4, -0.2) is 21.5 Å². The van der Waals surface area contributed by atoms with Crippen molar-refractivity contribution in [2.75, 3.05) is 11.9 Å². The molecule has 2 heterocycles. The molecule has 0 saturated heterocycles. The van der Waals surface area contributed by atoms with Gasteiger partial charge in [-0.15, -0.1) is 11.3 Å². The molecule has 0 amide bonds. The Kier molecular flexibility index (Phi) is 4.36. The van der Waals surface area contributed by atoms with Gasteiger partial charge in [-0.05, 0) is 26.0 Å². The van der Waals surface area contributed by atoms with E-state index >= 15 is 0 Å². The minimum Gasteiger partial charge on any atom is -0.370 e. The van der Waals surface area contributed by atoms with Crippen LogP contribution in [0.2, 0.25) is 0 Å². The number of benzene rings is 1. The van der Waals surface area contributed by atoms with Gasteiger partial charge in [-0.2, -0.15) is 0 Å². The minimum atomic E-state index is 0.736. The molecule has 0 radical (unpaired) electrons. The summed E-state index contributed by atoms with van der Waals surface area (Å²) in [6.07, 6.45) is 0. The Bertz CT molecular complexity index is 721. The van der Waals surface area contributed by atoms with Gasteiger partial charge in [0, 0.05) is 18.3 Å². The summed E-state index contributed by atoms with van der Waals surface area (Å²) in [6.45, 7) is 4.92. The molecule has 1 aromatic carbocycles. The molecule has 0 aliphatic heterocycles. The van der Waals surface area contributed by atoms with Gasteiger partial charge in [-0.3, -0.25) is 0 Å². The molecule has 4 nitrogen and oxygen atoms in total. The Morgan fingerprint density at radius 1 is 1.19 bits per heavy atom. The SMILES string of the molecule is CCNc1cc(C)nc(CSc2nc3ccccc3s2)n1. The van der Waals surface area contributed by atoms with Gasteiger partial charge in [0.1, 0.15) is 11.6 Å². The van der Waals surface area contributed by atoms with Crippen molar-refractivity contribution in [2.45, 2.75) is 23.9 Å². The lowest BCUT2D eigenvalue weighted by molar-refractivity contribution is 0.985. The number of aromatic nitrogens is 3. The fourth-order valence-corrected chi connectivity index (χ4v) is 3.93. The number of rotatable bonds is 5. The van der Waals surface area contributed by atoms with Gasteiger partial charge >= 0.3 is 0 Å². The Labute approximate surface area is 132 Å². The summed E-state index contributed by atoms with van der Waals surface area (Å²) >= 11 is 3.41. The van der Waals surface area contributed by atoms with Crippen LogP contribution < -0.4 is 5.32 Å². The molecule has 0 bridgehead atoms. The third kappa shape index (κ3) is 3.51. The van der Waals surface area contributed by atoms with Crippen molar-refractivity contribution in [3.8, 4) is 0 Å². The standard InChI is InChI=1S/C15H16N4S2/c1-3-16-13-8-10(2)17-14(19-13)9-20-15-18-11-6-4-5-7-12(11)21-15/h4-8H,3,9H2,1-2H3,(H,16,17,19). The zero-order valence-electron chi connectivity index (χ0n) is 12.0. The average Bonchev–Trinajstić information content (AvgIpc) is 2.88. The van der Waals surface area contributed by atoms with Crippen LogP contribution in [0.3, 0.4) is 0 Å². The van der Waals surface area contributed by atoms with Gasteiger partial charge in [-0.1, -0.05) is 23.9 Å². The third-order valence-corrected chi connectivity index (χ3v) is 5.03. The van der Waals surface area contributed by atoms with Gasteiger partial charge in [0.15, 0.2) is 4.34 Å². The summed E-state index contributed by atoms with van der Waals surface area (Å²) in [4.78, 5) is 13.6. The van der Waals surface area contributed by atoms with E-state index in [2.05, 4.69) is 33.3 Å². The van der Waals surface area contributed by atoms with E-state index in [0.717, 1.165) is 39.5 Å². The van der Waals surface area contributed by atoms with Crippen LogP contribution >= 0.6 is 23.1 Å². The fraction of sp³-hybridized carbons (Fsp3) is 0.267. The molecule has 3 rings (SSSR count). The zero-order valence-corrected chi connectivity index (χ0v) is 13.6. The van der Waals surface area contributed by atoms with Crippen LogP contribution in [-0.2, 0) is 5.75 Å². The molecular formula is C15H16N4S2. The summed E-state index contributed by atoms with van der Waals surface area (Å²) in [6, 6.07) is 10.2. The van der Waals surface area contributed by atoms with E-state index in [1.54, 1.807) is 23.1 Å². The van der Waals surface area contributed by atoms with Crippen molar-refractivity contribution >= 4 is 39.1 Å². The van der Waals surface area contributed by atoms with Crippen LogP contribution in [0.4, 0.5) is 5.82 Å². The van der Waals surface area contributed by atoms with Crippen LogP contribution in [0.25, 0.3) is 10.2 Å². The van der Waals surface area contributed by atoms with Crippen molar-refractivity contribution in [3.05, 3.63) is 41.9 Å². The first-order valence-electron chi connectivity index (χ1n) is 6.81. The molecule has 6 heteroatoms. The third-order valence-electron chi connectivity index (χ3n) is 2.86. The molecule has 0 atom stereocenters. The number of fused-ring (bicyclic) bond motifs is 1. The molecule has 0 fully saturated rings. The lowest BCUT2D eigenvalue weighted by atomic mass is 10.3. The predicted molar refractivity (Wildman–Crippen MR) is 90.1 cm³/mol. The predicted octanol–water partition coefficient (Wildman–Crippen LogP) is 4.12. The molecule has 0 saturated carbocycles. The highest BCUT2D eigenvalue weighted by Crippen LogP contribution is 2.30. The second-order valence-electron chi connectivity index (χ2n) is 4.58. The normalized spacial score (nSPS) is 11.0. The first-order valence-corrected chi connectivity index (χ1v) is 8.61. The quantitative estimate of drug-likeness (QED) is 0.718. The molecule has 0 unspecified atom stereocenters. The minimum absolute atomic E-state index is 0.736. The zero-order chi connectivity index (χ0) is 14.7. The van der Waals surface area contributed by atoms with Crippen molar-refractivity contribution in [1.29, 1.82) is 0 Å². The van der Waals surface area contributed by atoms with Crippen molar-refractivity contribution in [3.63, 3.8) is 0 Å². The molecule has 0 spiro atoms. The molecule has 108 valence electrons. The summed E-state index contributed by atoms with van der Waals surface area (Å²) in [5.74, 6) is 2.47. The summed E-state index contributed by atoms with van der Waals surface area (Å²) < 4.78 is 2.28. The Morgan fingerprint density at radius 2 is 2.05 bits per heavy atom. The second-order valence-corrected chi connectivity index (χ2v) is 6.83. The number of nitrogens with zero attached hydrogens (tertiary/aromatic N) is 3. The summed E-state index contributed by atoms with van der Waals surface area (Å²) in [5.41, 5.74) is 2.05. The molecule has 3 aromatic rings. The number of hydrogen-bond acceptors (Lipinski definition) is 6. The lowest BCUT2D eigenvalue weighted by Gasteiger charge is -2.05. The molecular weight excluding hydrogens is 300 g/mol. The number of aryl methyl sites for hydroxylation is 1. The monoisotopic (exact) mass is 316 g/mol. The van der Waals surface area contributed by atoms with Gasteiger partial charge in [0.25, 0.3) is 0 Å².